The molecule has 88 valence electrons. The minimum Gasteiger partial charge on any atom is -0.425 e. The first-order valence-corrected chi connectivity index (χ1v) is 6.59. The Hall–Kier alpha value is -1.39. The third kappa shape index (κ3) is 3.64. The first kappa shape index (κ1) is 12.7. The molecular formula is C9H12NO5P. The summed E-state index contributed by atoms with van der Waals surface area (Å²) >= 11 is 0. The lowest BCUT2D eigenvalue weighted by Crippen LogP contribution is -1.96. The molecule has 0 saturated heterocycles. The van der Waals surface area contributed by atoms with Crippen molar-refractivity contribution in [2.75, 3.05) is 13.3 Å². The molecule has 0 aliphatic heterocycles. The molecule has 0 radical (unpaired) electrons. The van der Waals surface area contributed by atoms with Crippen molar-refractivity contribution in [2.45, 2.75) is 6.92 Å². The van der Waals surface area contributed by atoms with Crippen LogP contribution in [-0.4, -0.2) is 18.2 Å². The summed E-state index contributed by atoms with van der Waals surface area (Å²) in [6.45, 7) is 3.33. The highest BCUT2D eigenvalue weighted by atomic mass is 31.2. The van der Waals surface area contributed by atoms with E-state index in [1.54, 1.807) is 6.92 Å². The smallest absolute Gasteiger partial charge is 0.376 e. The van der Waals surface area contributed by atoms with Crippen LogP contribution in [0.2, 0.25) is 0 Å². The third-order valence-corrected chi connectivity index (χ3v) is 2.95. The van der Waals surface area contributed by atoms with E-state index in [0.717, 1.165) is 0 Å². The molecule has 1 rings (SSSR count). The highest BCUT2D eigenvalue weighted by molar-refractivity contribution is 7.53. The molecule has 1 aromatic rings. The van der Waals surface area contributed by atoms with Crippen LogP contribution in [0.5, 0.6) is 5.75 Å². The van der Waals surface area contributed by atoms with E-state index in [1.165, 1.54) is 30.9 Å². The predicted molar refractivity (Wildman–Crippen MR) is 58.9 cm³/mol. The summed E-state index contributed by atoms with van der Waals surface area (Å²) in [7, 11) is -3.12. The van der Waals surface area contributed by atoms with Gasteiger partial charge in [0.15, 0.2) is 0 Å². The molecule has 0 fully saturated rings. The summed E-state index contributed by atoms with van der Waals surface area (Å²) in [6.07, 6.45) is 0. The van der Waals surface area contributed by atoms with Crippen molar-refractivity contribution in [2.24, 2.45) is 0 Å². The zero-order valence-electron chi connectivity index (χ0n) is 8.95. The van der Waals surface area contributed by atoms with Gasteiger partial charge in [0, 0.05) is 18.8 Å². The summed E-state index contributed by atoms with van der Waals surface area (Å²) in [5.41, 5.74) is -0.0466. The van der Waals surface area contributed by atoms with Gasteiger partial charge in [-0.1, -0.05) is 0 Å². The SMILES string of the molecule is CCOP(C)(=O)Oc1ccc([N+](=O)[O-])cc1. The van der Waals surface area contributed by atoms with Crippen molar-refractivity contribution in [1.82, 2.24) is 0 Å². The normalized spacial score (nSPS) is 14.1. The van der Waals surface area contributed by atoms with E-state index in [0.29, 0.717) is 0 Å². The molecular weight excluding hydrogens is 233 g/mol. The van der Waals surface area contributed by atoms with E-state index in [2.05, 4.69) is 0 Å². The molecule has 0 aliphatic carbocycles. The quantitative estimate of drug-likeness (QED) is 0.452. The Morgan fingerprint density at radius 1 is 1.38 bits per heavy atom. The largest absolute Gasteiger partial charge is 0.425 e. The molecule has 0 saturated carbocycles. The van der Waals surface area contributed by atoms with Gasteiger partial charge >= 0.3 is 7.60 Å². The Kier molecular flexibility index (Phi) is 4.04. The van der Waals surface area contributed by atoms with Gasteiger partial charge < -0.3 is 9.05 Å². The van der Waals surface area contributed by atoms with E-state index in [1.807, 2.05) is 0 Å². The molecule has 0 heterocycles. The fourth-order valence-corrected chi connectivity index (χ4v) is 2.11. The van der Waals surface area contributed by atoms with Crippen molar-refractivity contribution in [1.29, 1.82) is 0 Å². The summed E-state index contributed by atoms with van der Waals surface area (Å²) in [5, 5.41) is 10.4. The maximum Gasteiger partial charge on any atom is 0.376 e. The molecule has 16 heavy (non-hydrogen) atoms. The molecule has 0 bridgehead atoms. The van der Waals surface area contributed by atoms with Gasteiger partial charge in [-0.2, -0.15) is 0 Å². The molecule has 1 atom stereocenters. The van der Waals surface area contributed by atoms with Gasteiger partial charge in [-0.15, -0.1) is 0 Å². The predicted octanol–water partition coefficient (Wildman–Crippen LogP) is 2.83. The highest BCUT2D eigenvalue weighted by Crippen LogP contribution is 2.44. The summed E-state index contributed by atoms with van der Waals surface area (Å²) in [5.74, 6) is 0.282. The Morgan fingerprint density at radius 3 is 2.38 bits per heavy atom. The van der Waals surface area contributed by atoms with E-state index in [-0.39, 0.29) is 18.0 Å². The molecule has 6 nitrogen and oxygen atoms in total. The van der Waals surface area contributed by atoms with Crippen molar-refractivity contribution in [3.8, 4) is 5.75 Å². The second kappa shape index (κ2) is 5.09. The van der Waals surface area contributed by atoms with Gasteiger partial charge in [0.2, 0.25) is 0 Å². The van der Waals surface area contributed by atoms with Crippen molar-refractivity contribution >= 4 is 13.3 Å². The first-order valence-electron chi connectivity index (χ1n) is 4.60. The van der Waals surface area contributed by atoms with Crippen molar-refractivity contribution < 1.29 is 18.5 Å². The number of hydrogen-bond donors (Lipinski definition) is 0. The number of nitrogens with zero attached hydrogens (tertiary/aromatic N) is 1. The van der Waals surface area contributed by atoms with Crippen LogP contribution in [0.3, 0.4) is 0 Å². The second-order valence-electron chi connectivity index (χ2n) is 3.03. The fourth-order valence-electron chi connectivity index (χ4n) is 1.08. The summed E-state index contributed by atoms with van der Waals surface area (Å²) < 4.78 is 21.6. The zero-order valence-corrected chi connectivity index (χ0v) is 9.85. The summed E-state index contributed by atoms with van der Waals surface area (Å²) in [6, 6.07) is 5.32. The number of nitro groups is 1. The molecule has 1 unspecified atom stereocenters. The number of benzene rings is 1. The average Bonchev–Trinajstić information content (AvgIpc) is 2.17. The number of non-ortho nitro benzene ring substituents is 1. The topological polar surface area (TPSA) is 78.7 Å². The molecule has 0 N–H and O–H groups in total. The molecule has 0 spiro atoms. The van der Waals surface area contributed by atoms with Crippen LogP contribution < -0.4 is 4.52 Å². The van der Waals surface area contributed by atoms with Crippen LogP contribution in [0, 0.1) is 10.1 Å². The van der Waals surface area contributed by atoms with Crippen LogP contribution in [-0.2, 0) is 9.09 Å². The standard InChI is InChI=1S/C9H12NO5P/c1-3-14-16(2,13)15-9-6-4-8(5-7-9)10(11)12/h4-7H,3H2,1-2H3. The van der Waals surface area contributed by atoms with Crippen LogP contribution in [0.15, 0.2) is 24.3 Å². The minimum atomic E-state index is -3.12. The second-order valence-corrected chi connectivity index (χ2v) is 5.01. The van der Waals surface area contributed by atoms with Crippen molar-refractivity contribution in [3.63, 3.8) is 0 Å². The monoisotopic (exact) mass is 245 g/mol. The molecule has 0 aliphatic rings. The van der Waals surface area contributed by atoms with Crippen LogP contribution >= 0.6 is 7.60 Å². The molecule has 1 aromatic carbocycles. The van der Waals surface area contributed by atoms with Crippen LogP contribution in [0.1, 0.15) is 6.92 Å². The Balaban J connectivity index is 2.76. The lowest BCUT2D eigenvalue weighted by molar-refractivity contribution is -0.384. The highest BCUT2D eigenvalue weighted by Gasteiger charge is 2.17. The van der Waals surface area contributed by atoms with E-state index in [9.17, 15) is 14.7 Å². The van der Waals surface area contributed by atoms with Gasteiger partial charge in [0.05, 0.1) is 11.5 Å². The molecule has 0 aromatic heterocycles. The number of rotatable bonds is 5. The maximum absolute atomic E-state index is 11.6. The Labute approximate surface area is 92.9 Å². The van der Waals surface area contributed by atoms with Crippen molar-refractivity contribution in [3.05, 3.63) is 34.4 Å². The van der Waals surface area contributed by atoms with Gasteiger partial charge in [-0.05, 0) is 19.1 Å². The Bertz CT molecular complexity index is 416. The lowest BCUT2D eigenvalue weighted by atomic mass is 10.3. The van der Waals surface area contributed by atoms with Crippen LogP contribution in [0.4, 0.5) is 5.69 Å². The summed E-state index contributed by atoms with van der Waals surface area (Å²) in [4.78, 5) is 9.87. The minimum absolute atomic E-state index is 0.0466. The van der Waals surface area contributed by atoms with E-state index in [4.69, 9.17) is 9.05 Å². The average molecular weight is 245 g/mol. The fraction of sp³-hybridized carbons (Fsp3) is 0.333. The van der Waals surface area contributed by atoms with E-state index < -0.39 is 12.5 Å². The maximum atomic E-state index is 11.6. The Morgan fingerprint density at radius 2 is 1.94 bits per heavy atom. The lowest BCUT2D eigenvalue weighted by Gasteiger charge is -2.13. The zero-order chi connectivity index (χ0) is 12.2. The first-order chi connectivity index (χ1) is 7.44. The molecule has 0 amide bonds. The number of hydrogen-bond acceptors (Lipinski definition) is 5. The van der Waals surface area contributed by atoms with Gasteiger partial charge in [0.25, 0.3) is 5.69 Å². The van der Waals surface area contributed by atoms with E-state index >= 15 is 0 Å². The molecule has 7 heteroatoms. The third-order valence-electron chi connectivity index (χ3n) is 1.68. The number of nitro benzene ring substituents is 1. The van der Waals surface area contributed by atoms with Gasteiger partial charge in [-0.3, -0.25) is 10.1 Å². The van der Waals surface area contributed by atoms with Gasteiger partial charge in [0.1, 0.15) is 5.75 Å². The van der Waals surface area contributed by atoms with Crippen LogP contribution in [0.25, 0.3) is 0 Å². The van der Waals surface area contributed by atoms with Gasteiger partial charge in [-0.25, -0.2) is 4.57 Å².